The minimum Gasteiger partial charge on any atom is -0.477 e. The van der Waals surface area contributed by atoms with Gasteiger partial charge in [-0.1, -0.05) is 39.7 Å². The number of esters is 1. The number of hydrogen-bond donors (Lipinski definition) is 1. The van der Waals surface area contributed by atoms with Crippen LogP contribution in [0, 0.1) is 10.1 Å². The van der Waals surface area contributed by atoms with Crippen molar-refractivity contribution in [2.75, 3.05) is 6.61 Å². The van der Waals surface area contributed by atoms with E-state index < -0.39 is 23.4 Å². The summed E-state index contributed by atoms with van der Waals surface area (Å²) in [5, 5.41) is 15.3. The number of para-hydroxylation sites is 2. The van der Waals surface area contributed by atoms with Crippen molar-refractivity contribution in [2.45, 2.75) is 0 Å². The Labute approximate surface area is 201 Å². The summed E-state index contributed by atoms with van der Waals surface area (Å²) in [5.41, 5.74) is 2.72. The summed E-state index contributed by atoms with van der Waals surface area (Å²) in [7, 11) is 0. The van der Waals surface area contributed by atoms with Gasteiger partial charge in [-0.15, -0.1) is 0 Å². The molecule has 3 aromatic rings. The maximum absolute atomic E-state index is 12.4. The molecule has 0 heterocycles. The number of nitrogens with zero attached hydrogens (tertiary/aromatic N) is 2. The zero-order chi connectivity index (χ0) is 23.8. The SMILES string of the molecule is O=C(COc1ccccc1[N+](=O)[O-])NN=Cc1cc(Br)ccc1OC(=O)c1ccc(Cl)cc1. The Morgan fingerprint density at radius 3 is 2.55 bits per heavy atom. The molecule has 0 radical (unpaired) electrons. The molecule has 0 aliphatic heterocycles. The number of amides is 1. The van der Waals surface area contributed by atoms with Crippen molar-refractivity contribution in [3.63, 3.8) is 0 Å². The lowest BCUT2D eigenvalue weighted by Crippen LogP contribution is -2.24. The van der Waals surface area contributed by atoms with Gasteiger partial charge in [0.25, 0.3) is 5.91 Å². The summed E-state index contributed by atoms with van der Waals surface area (Å²) < 4.78 is 11.3. The second-order valence-electron chi connectivity index (χ2n) is 6.39. The standard InChI is InChI=1S/C22H15BrClN3O6/c23-16-7-10-19(33-22(29)14-5-8-17(24)9-6-14)15(11-16)12-25-26-21(28)13-32-20-4-2-1-3-18(20)27(30)31/h1-12H,13H2,(H,26,28). The van der Waals surface area contributed by atoms with Gasteiger partial charge in [-0.2, -0.15) is 5.10 Å². The largest absolute Gasteiger partial charge is 0.477 e. The van der Waals surface area contributed by atoms with Gasteiger partial charge in [0.05, 0.1) is 16.7 Å². The molecule has 1 N–H and O–H groups in total. The third-order valence-corrected chi connectivity index (χ3v) is 4.81. The smallest absolute Gasteiger partial charge is 0.343 e. The lowest BCUT2D eigenvalue weighted by Gasteiger charge is -2.08. The van der Waals surface area contributed by atoms with Gasteiger partial charge < -0.3 is 9.47 Å². The molecule has 0 aliphatic carbocycles. The molecule has 1 amide bonds. The van der Waals surface area contributed by atoms with Crippen molar-refractivity contribution in [3.05, 3.63) is 97.5 Å². The highest BCUT2D eigenvalue weighted by Gasteiger charge is 2.15. The molecule has 168 valence electrons. The molecule has 0 aromatic heterocycles. The van der Waals surface area contributed by atoms with Crippen molar-refractivity contribution < 1.29 is 24.0 Å². The third-order valence-electron chi connectivity index (χ3n) is 4.07. The summed E-state index contributed by atoms with van der Waals surface area (Å²) >= 11 is 9.16. The molecule has 33 heavy (non-hydrogen) atoms. The summed E-state index contributed by atoms with van der Waals surface area (Å²) in [6.45, 7) is -0.487. The fraction of sp³-hybridized carbons (Fsp3) is 0.0455. The van der Waals surface area contributed by atoms with E-state index in [4.69, 9.17) is 21.1 Å². The van der Waals surface area contributed by atoms with Crippen molar-refractivity contribution in [1.29, 1.82) is 0 Å². The zero-order valence-electron chi connectivity index (χ0n) is 16.7. The normalized spacial score (nSPS) is 10.6. The topological polar surface area (TPSA) is 120 Å². The van der Waals surface area contributed by atoms with Crippen LogP contribution < -0.4 is 14.9 Å². The van der Waals surface area contributed by atoms with Crippen LogP contribution in [0.4, 0.5) is 5.69 Å². The molecule has 9 nitrogen and oxygen atoms in total. The predicted octanol–water partition coefficient (Wildman–Crippen LogP) is 4.76. The van der Waals surface area contributed by atoms with Crippen molar-refractivity contribution in [2.24, 2.45) is 5.10 Å². The average molecular weight is 533 g/mol. The van der Waals surface area contributed by atoms with Crippen molar-refractivity contribution in [3.8, 4) is 11.5 Å². The Morgan fingerprint density at radius 2 is 1.82 bits per heavy atom. The van der Waals surface area contributed by atoms with Gasteiger partial charge in [0, 0.05) is 21.1 Å². The predicted molar refractivity (Wildman–Crippen MR) is 125 cm³/mol. The van der Waals surface area contributed by atoms with E-state index in [0.29, 0.717) is 20.6 Å². The highest BCUT2D eigenvalue weighted by Crippen LogP contribution is 2.26. The lowest BCUT2D eigenvalue weighted by atomic mass is 10.2. The minimum atomic E-state index is -0.640. The first-order chi connectivity index (χ1) is 15.8. The van der Waals surface area contributed by atoms with Crippen LogP contribution in [0.2, 0.25) is 5.02 Å². The van der Waals surface area contributed by atoms with Crippen molar-refractivity contribution in [1.82, 2.24) is 5.43 Å². The Kier molecular flexibility index (Phi) is 8.11. The van der Waals surface area contributed by atoms with E-state index in [1.807, 2.05) is 0 Å². The Hall–Kier alpha value is -3.76. The van der Waals surface area contributed by atoms with Crippen LogP contribution in [-0.2, 0) is 4.79 Å². The van der Waals surface area contributed by atoms with Crippen LogP contribution in [0.1, 0.15) is 15.9 Å². The van der Waals surface area contributed by atoms with E-state index in [2.05, 4.69) is 26.5 Å². The molecule has 0 fully saturated rings. The quantitative estimate of drug-likeness (QED) is 0.147. The first-order valence-corrected chi connectivity index (χ1v) is 10.5. The highest BCUT2D eigenvalue weighted by atomic mass is 79.9. The van der Waals surface area contributed by atoms with Gasteiger partial charge in [0.2, 0.25) is 0 Å². The van der Waals surface area contributed by atoms with Crippen molar-refractivity contribution >= 4 is 51.3 Å². The summed E-state index contributed by atoms with van der Waals surface area (Å²) in [6, 6.07) is 16.8. The number of hydrogen-bond acceptors (Lipinski definition) is 7. The number of nitrogens with one attached hydrogen (secondary N) is 1. The zero-order valence-corrected chi connectivity index (χ0v) is 19.1. The summed E-state index contributed by atoms with van der Waals surface area (Å²) in [6.07, 6.45) is 1.29. The van der Waals surface area contributed by atoms with Gasteiger partial charge in [0.15, 0.2) is 12.4 Å². The number of halogens is 2. The number of rotatable bonds is 8. The summed E-state index contributed by atoms with van der Waals surface area (Å²) in [5.74, 6) is -1.05. The fourth-order valence-corrected chi connectivity index (χ4v) is 3.04. The molecular formula is C22H15BrClN3O6. The molecule has 11 heteroatoms. The van der Waals surface area contributed by atoms with Gasteiger partial charge in [0.1, 0.15) is 5.75 Å². The monoisotopic (exact) mass is 531 g/mol. The van der Waals surface area contributed by atoms with Crippen LogP contribution in [0.3, 0.4) is 0 Å². The molecular weight excluding hydrogens is 518 g/mol. The molecule has 0 saturated heterocycles. The number of carbonyl (C=O) groups is 2. The van der Waals surface area contributed by atoms with E-state index in [0.717, 1.165) is 0 Å². The van der Waals surface area contributed by atoms with Gasteiger partial charge in [-0.3, -0.25) is 14.9 Å². The molecule has 0 aliphatic rings. The molecule has 3 rings (SSSR count). The van der Waals surface area contributed by atoms with E-state index in [1.54, 1.807) is 36.4 Å². The summed E-state index contributed by atoms with van der Waals surface area (Å²) in [4.78, 5) is 34.8. The van der Waals surface area contributed by atoms with Gasteiger partial charge in [-0.05, 0) is 48.5 Å². The number of carbonyl (C=O) groups excluding carboxylic acids is 2. The minimum absolute atomic E-state index is 0.0370. The number of hydrazone groups is 1. The molecule has 0 atom stereocenters. The first-order valence-electron chi connectivity index (χ1n) is 9.29. The van der Waals surface area contributed by atoms with Gasteiger partial charge >= 0.3 is 11.7 Å². The van der Waals surface area contributed by atoms with E-state index in [1.165, 1.54) is 36.5 Å². The maximum atomic E-state index is 12.4. The Bertz CT molecular complexity index is 1220. The van der Waals surface area contributed by atoms with Crippen LogP contribution in [0.5, 0.6) is 11.5 Å². The van der Waals surface area contributed by atoms with Crippen LogP contribution in [0.25, 0.3) is 0 Å². The Balaban J connectivity index is 1.63. The Morgan fingerprint density at radius 1 is 1.09 bits per heavy atom. The van der Waals surface area contributed by atoms with E-state index in [9.17, 15) is 19.7 Å². The number of nitro benzene ring substituents is 1. The molecule has 0 saturated carbocycles. The highest BCUT2D eigenvalue weighted by molar-refractivity contribution is 9.10. The molecule has 3 aromatic carbocycles. The number of benzene rings is 3. The molecule has 0 unspecified atom stereocenters. The lowest BCUT2D eigenvalue weighted by molar-refractivity contribution is -0.385. The number of ether oxygens (including phenoxy) is 2. The van der Waals surface area contributed by atoms with E-state index >= 15 is 0 Å². The second kappa shape index (κ2) is 11.2. The fourth-order valence-electron chi connectivity index (χ4n) is 2.54. The van der Waals surface area contributed by atoms with Crippen LogP contribution in [-0.4, -0.2) is 29.6 Å². The second-order valence-corrected chi connectivity index (χ2v) is 7.74. The molecule has 0 spiro atoms. The van der Waals surface area contributed by atoms with Crippen LogP contribution in [0.15, 0.2) is 76.3 Å². The molecule has 0 bridgehead atoms. The number of nitro groups is 1. The average Bonchev–Trinajstić information content (AvgIpc) is 2.80. The third kappa shape index (κ3) is 6.86. The van der Waals surface area contributed by atoms with E-state index in [-0.39, 0.29) is 17.2 Å². The first kappa shape index (κ1) is 23.9. The van der Waals surface area contributed by atoms with Crippen LogP contribution >= 0.6 is 27.5 Å². The van der Waals surface area contributed by atoms with Gasteiger partial charge in [-0.25, -0.2) is 10.2 Å². The maximum Gasteiger partial charge on any atom is 0.343 e.